The maximum absolute atomic E-state index is 11.9. The molecule has 0 saturated heterocycles. The number of esters is 1. The summed E-state index contributed by atoms with van der Waals surface area (Å²) in [4.78, 5) is 11.9. The van der Waals surface area contributed by atoms with E-state index in [2.05, 4.69) is 0 Å². The van der Waals surface area contributed by atoms with Crippen molar-refractivity contribution in [2.75, 3.05) is 20.3 Å². The van der Waals surface area contributed by atoms with Gasteiger partial charge in [-0.15, -0.1) is 0 Å². The number of benzene rings is 2. The third-order valence-electron chi connectivity index (χ3n) is 3.73. The number of nitrogens with zero attached hydrogens (tertiary/aromatic N) is 1. The van der Waals surface area contributed by atoms with Gasteiger partial charge in [0.1, 0.15) is 19.8 Å². The van der Waals surface area contributed by atoms with Crippen LogP contribution in [0.25, 0.3) is 6.08 Å². The van der Waals surface area contributed by atoms with Gasteiger partial charge < -0.3 is 18.9 Å². The topological polar surface area (TPSA) is 77.8 Å². The number of carbonyl (C=O) groups excluding carboxylic acids is 1. The molecule has 0 spiro atoms. The number of hydrogen-bond acceptors (Lipinski definition) is 6. The molecule has 0 bridgehead atoms. The van der Waals surface area contributed by atoms with Crippen LogP contribution < -0.4 is 14.2 Å². The molecule has 1 aliphatic rings. The van der Waals surface area contributed by atoms with E-state index in [1.807, 2.05) is 6.07 Å². The molecule has 0 radical (unpaired) electrons. The SMILES string of the molecule is COc1cc(/C=C/C(=O)OCc2ccc(C#N)cc2)cc2c1OCCO2. The summed E-state index contributed by atoms with van der Waals surface area (Å²) >= 11 is 0. The Balaban J connectivity index is 1.63. The summed E-state index contributed by atoms with van der Waals surface area (Å²) in [5.41, 5.74) is 2.11. The summed E-state index contributed by atoms with van der Waals surface area (Å²) in [5, 5.41) is 8.77. The minimum atomic E-state index is -0.469. The van der Waals surface area contributed by atoms with E-state index in [1.165, 1.54) is 6.08 Å². The fourth-order valence-electron chi connectivity index (χ4n) is 2.43. The van der Waals surface area contributed by atoms with Crippen LogP contribution in [0.1, 0.15) is 16.7 Å². The quantitative estimate of drug-likeness (QED) is 0.608. The van der Waals surface area contributed by atoms with Crippen LogP contribution in [0.15, 0.2) is 42.5 Å². The lowest BCUT2D eigenvalue weighted by molar-refractivity contribution is -0.138. The molecular weight excluding hydrogens is 334 g/mol. The molecule has 3 rings (SSSR count). The van der Waals surface area contributed by atoms with Gasteiger partial charge in [0.25, 0.3) is 0 Å². The van der Waals surface area contributed by atoms with Gasteiger partial charge in [0.15, 0.2) is 11.5 Å². The van der Waals surface area contributed by atoms with Crippen molar-refractivity contribution in [3.8, 4) is 23.3 Å². The van der Waals surface area contributed by atoms with Crippen LogP contribution >= 0.6 is 0 Å². The van der Waals surface area contributed by atoms with Crippen LogP contribution in [0.4, 0.5) is 0 Å². The summed E-state index contributed by atoms with van der Waals surface area (Å²) in [6.07, 6.45) is 2.97. The van der Waals surface area contributed by atoms with Crippen molar-refractivity contribution in [3.63, 3.8) is 0 Å². The second kappa shape index (κ2) is 8.08. The van der Waals surface area contributed by atoms with Gasteiger partial charge in [-0.05, 0) is 41.5 Å². The van der Waals surface area contributed by atoms with Gasteiger partial charge >= 0.3 is 5.97 Å². The molecule has 6 heteroatoms. The number of hydrogen-bond donors (Lipinski definition) is 0. The molecule has 1 aliphatic heterocycles. The van der Waals surface area contributed by atoms with E-state index in [4.69, 9.17) is 24.2 Å². The van der Waals surface area contributed by atoms with Crippen molar-refractivity contribution in [1.82, 2.24) is 0 Å². The summed E-state index contributed by atoms with van der Waals surface area (Å²) in [6.45, 7) is 1.08. The Hall–Kier alpha value is -3.46. The molecule has 26 heavy (non-hydrogen) atoms. The van der Waals surface area contributed by atoms with E-state index < -0.39 is 5.97 Å². The first-order valence-corrected chi connectivity index (χ1v) is 8.01. The Morgan fingerprint density at radius 1 is 1.23 bits per heavy atom. The first kappa shape index (κ1) is 17.4. The highest BCUT2D eigenvalue weighted by Gasteiger charge is 2.17. The first-order valence-electron chi connectivity index (χ1n) is 8.01. The second-order valence-corrected chi connectivity index (χ2v) is 5.50. The number of fused-ring (bicyclic) bond motifs is 1. The summed E-state index contributed by atoms with van der Waals surface area (Å²) in [6, 6.07) is 12.4. The van der Waals surface area contributed by atoms with Gasteiger partial charge in [0.2, 0.25) is 5.75 Å². The molecule has 0 aliphatic carbocycles. The van der Waals surface area contributed by atoms with E-state index >= 15 is 0 Å². The molecule has 0 unspecified atom stereocenters. The highest BCUT2D eigenvalue weighted by atomic mass is 16.6. The smallest absolute Gasteiger partial charge is 0.331 e. The Kier molecular flexibility index (Phi) is 5.40. The minimum absolute atomic E-state index is 0.138. The van der Waals surface area contributed by atoms with Gasteiger partial charge in [-0.1, -0.05) is 12.1 Å². The third-order valence-corrected chi connectivity index (χ3v) is 3.73. The number of ether oxygens (including phenoxy) is 4. The molecule has 0 saturated carbocycles. The molecular formula is C20H17NO5. The molecule has 0 atom stereocenters. The predicted octanol–water partition coefficient (Wildman–Crippen LogP) is 3.09. The molecule has 2 aromatic rings. The van der Waals surface area contributed by atoms with Gasteiger partial charge in [-0.2, -0.15) is 5.26 Å². The molecule has 132 valence electrons. The van der Waals surface area contributed by atoms with Crippen LogP contribution in [0.3, 0.4) is 0 Å². The zero-order valence-electron chi connectivity index (χ0n) is 14.2. The number of nitriles is 1. The zero-order valence-corrected chi connectivity index (χ0v) is 14.2. The van der Waals surface area contributed by atoms with Crippen LogP contribution in [-0.2, 0) is 16.1 Å². The average Bonchev–Trinajstić information content (AvgIpc) is 2.70. The van der Waals surface area contributed by atoms with Crippen LogP contribution in [-0.4, -0.2) is 26.3 Å². The molecule has 6 nitrogen and oxygen atoms in total. The molecule has 0 N–H and O–H groups in total. The maximum atomic E-state index is 11.9. The standard InChI is InChI=1S/C20H17NO5/c1-23-17-10-16(11-18-20(17)25-9-8-24-18)6-7-19(22)26-13-15-4-2-14(12-21)3-5-15/h2-7,10-11H,8-9,13H2,1H3/b7-6+. The highest BCUT2D eigenvalue weighted by molar-refractivity contribution is 5.87. The highest BCUT2D eigenvalue weighted by Crippen LogP contribution is 2.40. The van der Waals surface area contributed by atoms with Crippen LogP contribution in [0.5, 0.6) is 17.2 Å². The van der Waals surface area contributed by atoms with Crippen molar-refractivity contribution < 1.29 is 23.7 Å². The monoisotopic (exact) mass is 351 g/mol. The fraction of sp³-hybridized carbons (Fsp3) is 0.200. The van der Waals surface area contributed by atoms with E-state index in [1.54, 1.807) is 49.6 Å². The molecule has 1 heterocycles. The van der Waals surface area contributed by atoms with Crippen molar-refractivity contribution >= 4 is 12.0 Å². The van der Waals surface area contributed by atoms with E-state index in [9.17, 15) is 4.79 Å². The van der Waals surface area contributed by atoms with Crippen molar-refractivity contribution in [3.05, 3.63) is 59.2 Å². The lowest BCUT2D eigenvalue weighted by Gasteiger charge is -2.20. The summed E-state index contributed by atoms with van der Waals surface area (Å²) in [5.74, 6) is 1.23. The van der Waals surface area contributed by atoms with Gasteiger partial charge in [-0.25, -0.2) is 4.79 Å². The third kappa shape index (κ3) is 4.14. The lowest BCUT2D eigenvalue weighted by atomic mass is 10.1. The largest absolute Gasteiger partial charge is 0.493 e. The van der Waals surface area contributed by atoms with Crippen molar-refractivity contribution in [1.29, 1.82) is 5.26 Å². The Morgan fingerprint density at radius 3 is 2.73 bits per heavy atom. The second-order valence-electron chi connectivity index (χ2n) is 5.50. The van der Waals surface area contributed by atoms with Crippen LogP contribution in [0, 0.1) is 11.3 Å². The fourth-order valence-corrected chi connectivity index (χ4v) is 2.43. The molecule has 2 aromatic carbocycles. The zero-order chi connectivity index (χ0) is 18.4. The van der Waals surface area contributed by atoms with E-state index in [-0.39, 0.29) is 6.61 Å². The number of carbonyl (C=O) groups is 1. The van der Waals surface area contributed by atoms with E-state index in [0.29, 0.717) is 36.0 Å². The number of rotatable bonds is 5. The lowest BCUT2D eigenvalue weighted by Crippen LogP contribution is -2.16. The Labute approximate surface area is 151 Å². The summed E-state index contributed by atoms with van der Waals surface area (Å²) < 4.78 is 21.6. The Morgan fingerprint density at radius 2 is 2.00 bits per heavy atom. The molecule has 0 aromatic heterocycles. The molecule has 0 amide bonds. The molecule has 0 fully saturated rings. The van der Waals surface area contributed by atoms with Crippen molar-refractivity contribution in [2.24, 2.45) is 0 Å². The van der Waals surface area contributed by atoms with Gasteiger partial charge in [-0.3, -0.25) is 0 Å². The minimum Gasteiger partial charge on any atom is -0.493 e. The first-order chi connectivity index (χ1) is 12.7. The van der Waals surface area contributed by atoms with Gasteiger partial charge in [0.05, 0.1) is 18.7 Å². The van der Waals surface area contributed by atoms with Gasteiger partial charge in [0, 0.05) is 6.08 Å². The summed E-state index contributed by atoms with van der Waals surface area (Å²) in [7, 11) is 1.55. The van der Waals surface area contributed by atoms with Crippen molar-refractivity contribution in [2.45, 2.75) is 6.61 Å². The Bertz CT molecular complexity index is 848. The van der Waals surface area contributed by atoms with E-state index in [0.717, 1.165) is 11.1 Å². The predicted molar refractivity (Wildman–Crippen MR) is 94.0 cm³/mol. The normalized spacial score (nSPS) is 12.5. The van der Waals surface area contributed by atoms with Crippen LogP contribution in [0.2, 0.25) is 0 Å². The average molecular weight is 351 g/mol. The number of methoxy groups -OCH3 is 1. The maximum Gasteiger partial charge on any atom is 0.331 e.